The Morgan fingerprint density at radius 1 is 1.22 bits per heavy atom. The van der Waals surface area contributed by atoms with Gasteiger partial charge in [0.15, 0.2) is 0 Å². The van der Waals surface area contributed by atoms with Crippen LogP contribution in [0.5, 0.6) is 0 Å². The van der Waals surface area contributed by atoms with Crippen molar-refractivity contribution in [3.05, 3.63) is 23.9 Å². The summed E-state index contributed by atoms with van der Waals surface area (Å²) in [5.41, 5.74) is 1.11. The lowest BCUT2D eigenvalue weighted by molar-refractivity contribution is 0.196. The van der Waals surface area contributed by atoms with Crippen LogP contribution in [0.4, 0.5) is 5.82 Å². The van der Waals surface area contributed by atoms with Crippen molar-refractivity contribution in [1.29, 1.82) is 0 Å². The average molecular weight is 246 g/mol. The van der Waals surface area contributed by atoms with Crippen LogP contribution in [0.15, 0.2) is 18.2 Å². The molecule has 0 spiro atoms. The van der Waals surface area contributed by atoms with E-state index in [4.69, 9.17) is 0 Å². The molecule has 0 aromatic carbocycles. The van der Waals surface area contributed by atoms with Crippen LogP contribution in [0.2, 0.25) is 0 Å². The third-order valence-electron chi connectivity index (χ3n) is 4.06. The third-order valence-corrected chi connectivity index (χ3v) is 4.06. The van der Waals surface area contributed by atoms with Gasteiger partial charge in [-0.3, -0.25) is 4.90 Å². The van der Waals surface area contributed by atoms with Gasteiger partial charge in [0.05, 0.1) is 0 Å². The van der Waals surface area contributed by atoms with Gasteiger partial charge in [0.25, 0.3) is 0 Å². The molecule has 2 saturated heterocycles. The van der Waals surface area contributed by atoms with Gasteiger partial charge in [-0.1, -0.05) is 6.07 Å². The summed E-state index contributed by atoms with van der Waals surface area (Å²) in [7, 11) is 0. The molecule has 18 heavy (non-hydrogen) atoms. The number of nitrogens with one attached hydrogen (secondary N) is 1. The van der Waals surface area contributed by atoms with Gasteiger partial charge in [-0.2, -0.15) is 0 Å². The third kappa shape index (κ3) is 2.49. The molecule has 2 aliphatic heterocycles. The zero-order chi connectivity index (χ0) is 12.4. The normalized spacial score (nSPS) is 25.6. The summed E-state index contributed by atoms with van der Waals surface area (Å²) in [4.78, 5) is 9.65. The number of anilines is 1. The first-order chi connectivity index (χ1) is 8.83. The van der Waals surface area contributed by atoms with E-state index < -0.39 is 0 Å². The van der Waals surface area contributed by atoms with Gasteiger partial charge in [-0.15, -0.1) is 0 Å². The van der Waals surface area contributed by atoms with E-state index in [1.165, 1.54) is 32.6 Å². The molecule has 2 fully saturated rings. The van der Waals surface area contributed by atoms with E-state index in [0.717, 1.165) is 30.6 Å². The molecule has 4 nitrogen and oxygen atoms in total. The van der Waals surface area contributed by atoms with E-state index in [2.05, 4.69) is 45.2 Å². The van der Waals surface area contributed by atoms with Crippen molar-refractivity contribution in [2.75, 3.05) is 44.2 Å². The Bertz CT molecular complexity index is 393. The lowest BCUT2D eigenvalue weighted by atomic mass is 10.2. The monoisotopic (exact) mass is 246 g/mol. The van der Waals surface area contributed by atoms with Crippen LogP contribution in [0, 0.1) is 6.92 Å². The molecular weight excluding hydrogens is 224 g/mol. The van der Waals surface area contributed by atoms with Gasteiger partial charge < -0.3 is 10.2 Å². The Morgan fingerprint density at radius 3 is 2.72 bits per heavy atom. The fourth-order valence-corrected chi connectivity index (χ4v) is 2.97. The van der Waals surface area contributed by atoms with Gasteiger partial charge in [-0.05, 0) is 32.0 Å². The first-order valence-corrected chi connectivity index (χ1v) is 6.96. The second-order valence-corrected chi connectivity index (χ2v) is 5.31. The molecule has 0 amide bonds. The summed E-state index contributed by atoms with van der Waals surface area (Å²) < 4.78 is 0. The molecule has 4 heteroatoms. The highest BCUT2D eigenvalue weighted by Crippen LogP contribution is 2.17. The largest absolute Gasteiger partial charge is 0.354 e. The molecule has 0 radical (unpaired) electrons. The van der Waals surface area contributed by atoms with E-state index in [1.807, 2.05) is 0 Å². The summed E-state index contributed by atoms with van der Waals surface area (Å²) in [5.74, 6) is 1.14. The smallest absolute Gasteiger partial charge is 0.128 e. The molecule has 1 unspecified atom stereocenters. The molecule has 1 N–H and O–H groups in total. The molecular formula is C14H22N4. The van der Waals surface area contributed by atoms with Crippen LogP contribution in [0.25, 0.3) is 0 Å². The van der Waals surface area contributed by atoms with Gasteiger partial charge in [0, 0.05) is 44.5 Å². The van der Waals surface area contributed by atoms with Crippen LogP contribution < -0.4 is 10.2 Å². The number of hydrogen-bond donors (Lipinski definition) is 1. The van der Waals surface area contributed by atoms with Gasteiger partial charge >= 0.3 is 0 Å². The van der Waals surface area contributed by atoms with Gasteiger partial charge in [-0.25, -0.2) is 4.98 Å². The van der Waals surface area contributed by atoms with Gasteiger partial charge in [0.1, 0.15) is 5.82 Å². The summed E-state index contributed by atoms with van der Waals surface area (Å²) in [6.45, 7) is 8.96. The van der Waals surface area contributed by atoms with E-state index in [9.17, 15) is 0 Å². The van der Waals surface area contributed by atoms with Crippen molar-refractivity contribution in [1.82, 2.24) is 15.2 Å². The Morgan fingerprint density at radius 2 is 2.06 bits per heavy atom. The van der Waals surface area contributed by atoms with Crippen molar-refractivity contribution in [3.8, 4) is 0 Å². The average Bonchev–Trinajstić information content (AvgIpc) is 2.93. The zero-order valence-electron chi connectivity index (χ0n) is 11.1. The van der Waals surface area contributed by atoms with Gasteiger partial charge in [0.2, 0.25) is 0 Å². The number of piperazine rings is 1. The minimum atomic E-state index is 0.762. The minimum absolute atomic E-state index is 0.762. The van der Waals surface area contributed by atoms with E-state index >= 15 is 0 Å². The van der Waals surface area contributed by atoms with Crippen LogP contribution in [0.3, 0.4) is 0 Å². The lowest BCUT2D eigenvalue weighted by Crippen LogP contribution is -2.51. The highest BCUT2D eigenvalue weighted by atomic mass is 15.3. The summed E-state index contributed by atoms with van der Waals surface area (Å²) in [5, 5.41) is 3.45. The molecule has 98 valence electrons. The van der Waals surface area contributed by atoms with Crippen LogP contribution in [-0.4, -0.2) is 55.2 Å². The highest BCUT2D eigenvalue weighted by molar-refractivity contribution is 5.39. The van der Waals surface area contributed by atoms with Crippen LogP contribution in [-0.2, 0) is 0 Å². The molecule has 2 aliphatic rings. The van der Waals surface area contributed by atoms with Crippen molar-refractivity contribution in [2.24, 2.45) is 0 Å². The molecule has 0 saturated carbocycles. The quantitative estimate of drug-likeness (QED) is 0.839. The van der Waals surface area contributed by atoms with Crippen LogP contribution in [0.1, 0.15) is 12.1 Å². The fourth-order valence-electron chi connectivity index (χ4n) is 2.97. The second kappa shape index (κ2) is 5.24. The summed E-state index contributed by atoms with van der Waals surface area (Å²) in [6.07, 6.45) is 1.31. The highest BCUT2D eigenvalue weighted by Gasteiger charge is 2.26. The van der Waals surface area contributed by atoms with E-state index in [0.29, 0.717) is 0 Å². The predicted molar refractivity (Wildman–Crippen MR) is 74.0 cm³/mol. The Kier molecular flexibility index (Phi) is 3.48. The van der Waals surface area contributed by atoms with E-state index in [1.54, 1.807) is 0 Å². The fraction of sp³-hybridized carbons (Fsp3) is 0.643. The number of pyridine rings is 1. The molecule has 1 aromatic heterocycles. The minimum Gasteiger partial charge on any atom is -0.354 e. The Labute approximate surface area is 109 Å². The standard InChI is InChI=1S/C14H22N4/c1-12-3-2-4-14(16-12)18-9-7-17(8-10-18)13-5-6-15-11-13/h2-4,13,15H,5-11H2,1H3. The number of aromatic nitrogens is 1. The molecule has 1 atom stereocenters. The van der Waals surface area contributed by atoms with E-state index in [-0.39, 0.29) is 0 Å². The first-order valence-electron chi connectivity index (χ1n) is 6.96. The Balaban J connectivity index is 1.59. The topological polar surface area (TPSA) is 31.4 Å². The Hall–Kier alpha value is -1.13. The predicted octanol–water partition coefficient (Wildman–Crippen LogP) is 0.874. The maximum Gasteiger partial charge on any atom is 0.128 e. The lowest BCUT2D eigenvalue weighted by Gasteiger charge is -2.38. The maximum absolute atomic E-state index is 4.61. The maximum atomic E-state index is 4.61. The number of aryl methyl sites for hydroxylation is 1. The van der Waals surface area contributed by atoms with Crippen molar-refractivity contribution in [2.45, 2.75) is 19.4 Å². The molecule has 0 aliphatic carbocycles. The number of hydrogen-bond acceptors (Lipinski definition) is 4. The van der Waals surface area contributed by atoms with Crippen molar-refractivity contribution >= 4 is 5.82 Å². The van der Waals surface area contributed by atoms with Crippen molar-refractivity contribution in [3.63, 3.8) is 0 Å². The number of nitrogens with zero attached hydrogens (tertiary/aromatic N) is 3. The summed E-state index contributed by atoms with van der Waals surface area (Å²) >= 11 is 0. The molecule has 1 aromatic rings. The summed E-state index contributed by atoms with van der Waals surface area (Å²) in [6, 6.07) is 7.05. The van der Waals surface area contributed by atoms with Crippen LogP contribution >= 0.6 is 0 Å². The zero-order valence-corrected chi connectivity index (χ0v) is 11.1. The molecule has 3 rings (SSSR count). The molecule has 3 heterocycles. The molecule has 0 bridgehead atoms. The number of rotatable bonds is 2. The first kappa shape index (κ1) is 11.9. The van der Waals surface area contributed by atoms with Crippen molar-refractivity contribution < 1.29 is 0 Å². The second-order valence-electron chi connectivity index (χ2n) is 5.31. The SMILES string of the molecule is Cc1cccc(N2CCN(C3CCNC3)CC2)n1.